The highest BCUT2D eigenvalue weighted by molar-refractivity contribution is 9.10. The van der Waals surface area contributed by atoms with Gasteiger partial charge in [0.2, 0.25) is 5.91 Å². The van der Waals surface area contributed by atoms with Crippen LogP contribution in [-0.4, -0.2) is 24.0 Å². The van der Waals surface area contributed by atoms with E-state index in [1.54, 1.807) is 6.20 Å². The molecule has 4 rings (SSSR count). The van der Waals surface area contributed by atoms with Gasteiger partial charge < -0.3 is 10.1 Å². The third-order valence-corrected chi connectivity index (χ3v) is 5.52. The van der Waals surface area contributed by atoms with Crippen molar-refractivity contribution < 1.29 is 9.53 Å². The summed E-state index contributed by atoms with van der Waals surface area (Å²) >= 11 is 3.49. The molecule has 4 nitrogen and oxygen atoms in total. The minimum Gasteiger partial charge on any atom is -0.491 e. The van der Waals surface area contributed by atoms with Crippen LogP contribution in [0.4, 0.5) is 0 Å². The largest absolute Gasteiger partial charge is 0.491 e. The molecule has 27 heavy (non-hydrogen) atoms. The molecular weight excluding hydrogens is 404 g/mol. The molecule has 0 unspecified atom stereocenters. The molecule has 0 atom stereocenters. The second kappa shape index (κ2) is 7.69. The van der Waals surface area contributed by atoms with Crippen LogP contribution < -0.4 is 10.1 Å². The monoisotopic (exact) mass is 424 g/mol. The van der Waals surface area contributed by atoms with Crippen molar-refractivity contribution >= 4 is 32.7 Å². The fraction of sp³-hybridized carbons (Fsp3) is 0.273. The van der Waals surface area contributed by atoms with Crippen molar-refractivity contribution in [3.63, 3.8) is 0 Å². The second-order valence-electron chi connectivity index (χ2n) is 6.88. The number of halogens is 1. The van der Waals surface area contributed by atoms with Crippen LogP contribution in [0.15, 0.2) is 65.3 Å². The predicted molar refractivity (Wildman–Crippen MR) is 110 cm³/mol. The summed E-state index contributed by atoms with van der Waals surface area (Å²) in [5.74, 6) is 0.902. The van der Waals surface area contributed by atoms with E-state index < -0.39 is 0 Å². The fourth-order valence-corrected chi connectivity index (χ4v) is 3.78. The van der Waals surface area contributed by atoms with Crippen LogP contribution in [0.5, 0.6) is 5.75 Å². The number of rotatable bonds is 7. The third kappa shape index (κ3) is 3.83. The highest BCUT2D eigenvalue weighted by Gasteiger charge is 2.51. The Bertz CT molecular complexity index is 964. The first-order valence-corrected chi connectivity index (χ1v) is 9.99. The number of nitrogens with one attached hydrogen (secondary N) is 1. The lowest BCUT2D eigenvalue weighted by Gasteiger charge is -2.16. The van der Waals surface area contributed by atoms with Crippen LogP contribution in [0.3, 0.4) is 0 Å². The molecule has 138 valence electrons. The first-order valence-electron chi connectivity index (χ1n) is 9.20. The van der Waals surface area contributed by atoms with E-state index in [2.05, 4.69) is 26.2 Å². The Kier molecular flexibility index (Phi) is 5.12. The second-order valence-corrected chi connectivity index (χ2v) is 7.80. The summed E-state index contributed by atoms with van der Waals surface area (Å²) in [5, 5.41) is 4.14. The van der Waals surface area contributed by atoms with E-state index in [1.165, 1.54) is 0 Å². The highest BCUT2D eigenvalue weighted by atomic mass is 79.9. The number of hydrogen-bond acceptors (Lipinski definition) is 3. The van der Waals surface area contributed by atoms with Crippen molar-refractivity contribution in [1.29, 1.82) is 0 Å². The van der Waals surface area contributed by atoms with Crippen molar-refractivity contribution in [3.05, 3.63) is 70.8 Å². The minimum atomic E-state index is -0.343. The number of fused-ring (bicyclic) bond motifs is 1. The molecule has 3 aromatic rings. The minimum absolute atomic E-state index is 0.118. The smallest absolute Gasteiger partial charge is 0.230 e. The zero-order valence-electron chi connectivity index (χ0n) is 15.0. The molecule has 1 aromatic heterocycles. The molecule has 1 saturated carbocycles. The summed E-state index contributed by atoms with van der Waals surface area (Å²) in [6.07, 6.45) is 4.34. The van der Waals surface area contributed by atoms with E-state index in [-0.39, 0.29) is 11.3 Å². The van der Waals surface area contributed by atoms with Gasteiger partial charge in [0.15, 0.2) is 0 Å². The number of para-hydroxylation sites is 1. The topological polar surface area (TPSA) is 51.2 Å². The lowest BCUT2D eigenvalue weighted by atomic mass is 9.95. The molecule has 1 fully saturated rings. The predicted octanol–water partition coefficient (Wildman–Crippen LogP) is 4.61. The van der Waals surface area contributed by atoms with Gasteiger partial charge in [-0.25, -0.2) is 0 Å². The maximum atomic E-state index is 12.7. The molecule has 0 saturated heterocycles. The van der Waals surface area contributed by atoms with E-state index in [4.69, 9.17) is 4.74 Å². The molecule has 2 aromatic carbocycles. The maximum absolute atomic E-state index is 12.7. The molecule has 0 aliphatic heterocycles. The summed E-state index contributed by atoms with van der Waals surface area (Å²) < 4.78 is 6.89. The van der Waals surface area contributed by atoms with Gasteiger partial charge in [0.25, 0.3) is 0 Å². The number of benzene rings is 2. The summed E-state index contributed by atoms with van der Waals surface area (Å²) in [6, 6.07) is 17.9. The molecule has 1 N–H and O–H groups in total. The average Bonchev–Trinajstić information content (AvgIpc) is 3.50. The van der Waals surface area contributed by atoms with Gasteiger partial charge in [-0.2, -0.15) is 0 Å². The van der Waals surface area contributed by atoms with E-state index in [0.717, 1.165) is 46.0 Å². The van der Waals surface area contributed by atoms with Crippen LogP contribution in [0.1, 0.15) is 24.8 Å². The highest BCUT2D eigenvalue weighted by Crippen LogP contribution is 2.48. The fourth-order valence-electron chi connectivity index (χ4n) is 3.38. The maximum Gasteiger partial charge on any atom is 0.230 e. The van der Waals surface area contributed by atoms with Crippen molar-refractivity contribution in [2.24, 2.45) is 0 Å². The standard InChI is InChI=1S/C22H21BrN2O2/c23-18-8-2-7-17(15-18)22(10-11-22)21(26)25-13-4-14-27-19-9-1-5-16-6-3-12-24-20(16)19/h1-3,5-9,12,15H,4,10-11,13-14H2,(H,25,26). The number of aromatic nitrogens is 1. The van der Waals surface area contributed by atoms with E-state index in [0.29, 0.717) is 13.2 Å². The summed E-state index contributed by atoms with van der Waals surface area (Å²) in [7, 11) is 0. The Morgan fingerprint density at radius 1 is 1.15 bits per heavy atom. The van der Waals surface area contributed by atoms with Gasteiger partial charge in [-0.1, -0.05) is 46.3 Å². The number of pyridine rings is 1. The molecule has 5 heteroatoms. The normalized spacial score (nSPS) is 14.7. The Balaban J connectivity index is 1.28. The van der Waals surface area contributed by atoms with Crippen molar-refractivity contribution in [2.75, 3.05) is 13.2 Å². The molecule has 1 amide bonds. The van der Waals surface area contributed by atoms with Crippen molar-refractivity contribution in [1.82, 2.24) is 10.3 Å². The number of hydrogen-bond donors (Lipinski definition) is 1. The number of carbonyl (C=O) groups is 1. The van der Waals surface area contributed by atoms with Crippen LogP contribution in [0.25, 0.3) is 10.9 Å². The first-order chi connectivity index (χ1) is 13.2. The number of nitrogens with zero attached hydrogens (tertiary/aromatic N) is 1. The van der Waals surface area contributed by atoms with Gasteiger partial charge >= 0.3 is 0 Å². The number of amides is 1. The van der Waals surface area contributed by atoms with Crippen LogP contribution in [0, 0.1) is 0 Å². The van der Waals surface area contributed by atoms with Crippen LogP contribution in [0.2, 0.25) is 0 Å². The van der Waals surface area contributed by atoms with Gasteiger partial charge in [-0.3, -0.25) is 9.78 Å². The molecule has 1 aliphatic rings. The zero-order chi connectivity index (χ0) is 18.7. The van der Waals surface area contributed by atoms with Gasteiger partial charge in [0, 0.05) is 22.6 Å². The lowest BCUT2D eigenvalue weighted by molar-refractivity contribution is -0.123. The molecule has 0 bridgehead atoms. The summed E-state index contributed by atoms with van der Waals surface area (Å²) in [4.78, 5) is 17.1. The Morgan fingerprint density at radius 3 is 2.78 bits per heavy atom. The molecule has 1 aliphatic carbocycles. The first kappa shape index (κ1) is 18.0. The van der Waals surface area contributed by atoms with E-state index in [9.17, 15) is 4.79 Å². The van der Waals surface area contributed by atoms with Gasteiger partial charge in [-0.15, -0.1) is 0 Å². The van der Waals surface area contributed by atoms with Gasteiger partial charge in [0.05, 0.1) is 12.0 Å². The molecular formula is C22H21BrN2O2. The summed E-state index contributed by atoms with van der Waals surface area (Å²) in [6.45, 7) is 1.15. The third-order valence-electron chi connectivity index (χ3n) is 5.02. The molecule has 1 heterocycles. The number of ether oxygens (including phenoxy) is 1. The van der Waals surface area contributed by atoms with Crippen molar-refractivity contribution in [3.8, 4) is 5.75 Å². The van der Waals surface area contributed by atoms with Gasteiger partial charge in [0.1, 0.15) is 11.3 Å². The van der Waals surface area contributed by atoms with Crippen LogP contribution in [-0.2, 0) is 10.2 Å². The Morgan fingerprint density at radius 2 is 1.96 bits per heavy atom. The van der Waals surface area contributed by atoms with Gasteiger partial charge in [-0.05, 0) is 49.1 Å². The molecule has 0 radical (unpaired) electrons. The number of carbonyl (C=O) groups excluding carboxylic acids is 1. The zero-order valence-corrected chi connectivity index (χ0v) is 16.5. The van der Waals surface area contributed by atoms with E-state index >= 15 is 0 Å². The molecule has 0 spiro atoms. The quantitative estimate of drug-likeness (QED) is 0.563. The van der Waals surface area contributed by atoms with Crippen molar-refractivity contribution in [2.45, 2.75) is 24.7 Å². The van der Waals surface area contributed by atoms with E-state index in [1.807, 2.05) is 54.6 Å². The van der Waals surface area contributed by atoms with Crippen LogP contribution >= 0.6 is 15.9 Å². The lowest BCUT2D eigenvalue weighted by Crippen LogP contribution is -2.35. The SMILES string of the molecule is O=C(NCCCOc1cccc2cccnc12)C1(c2cccc(Br)c2)CC1. The average molecular weight is 425 g/mol. The Hall–Kier alpha value is -2.40. The summed E-state index contributed by atoms with van der Waals surface area (Å²) in [5.41, 5.74) is 1.62. The Labute approximate surface area is 167 Å².